The monoisotopic (exact) mass is 262 g/mol. The first-order valence-electron chi connectivity index (χ1n) is 6.49. The standard InChI is InChI=1S/C14H18N2O3/c1-2-19-14(18)15-11-3-5-12(6-4-11)16-9-7-13(17)8-10-16/h3-6H,2,7-10H2,1H3,(H,15,18). The molecule has 19 heavy (non-hydrogen) atoms. The summed E-state index contributed by atoms with van der Waals surface area (Å²) in [7, 11) is 0. The first-order chi connectivity index (χ1) is 9.19. The van der Waals surface area contributed by atoms with Crippen molar-refractivity contribution in [2.45, 2.75) is 19.8 Å². The fourth-order valence-corrected chi connectivity index (χ4v) is 2.05. The van der Waals surface area contributed by atoms with E-state index in [0.717, 1.165) is 18.8 Å². The van der Waals surface area contributed by atoms with Crippen molar-refractivity contribution in [3.8, 4) is 0 Å². The number of nitrogens with zero attached hydrogens (tertiary/aromatic N) is 1. The molecule has 102 valence electrons. The van der Waals surface area contributed by atoms with Crippen LogP contribution in [0.25, 0.3) is 0 Å². The summed E-state index contributed by atoms with van der Waals surface area (Å²) in [5, 5.41) is 2.65. The zero-order chi connectivity index (χ0) is 13.7. The maximum absolute atomic E-state index is 11.3. The molecule has 1 N–H and O–H groups in total. The highest BCUT2D eigenvalue weighted by Crippen LogP contribution is 2.20. The lowest BCUT2D eigenvalue weighted by molar-refractivity contribution is -0.119. The minimum atomic E-state index is -0.446. The minimum absolute atomic E-state index is 0.330. The van der Waals surface area contributed by atoms with Crippen LogP contribution in [0.2, 0.25) is 0 Å². The summed E-state index contributed by atoms with van der Waals surface area (Å²) in [4.78, 5) is 24.6. The van der Waals surface area contributed by atoms with Crippen molar-refractivity contribution < 1.29 is 14.3 Å². The Kier molecular flexibility index (Phi) is 4.39. The van der Waals surface area contributed by atoms with Crippen LogP contribution >= 0.6 is 0 Å². The Labute approximate surface area is 112 Å². The third-order valence-corrected chi connectivity index (χ3v) is 3.08. The van der Waals surface area contributed by atoms with Gasteiger partial charge in [-0.3, -0.25) is 10.1 Å². The van der Waals surface area contributed by atoms with Gasteiger partial charge in [0, 0.05) is 37.3 Å². The number of benzene rings is 1. The molecule has 1 saturated heterocycles. The Morgan fingerprint density at radius 2 is 1.89 bits per heavy atom. The third-order valence-electron chi connectivity index (χ3n) is 3.08. The van der Waals surface area contributed by atoms with Gasteiger partial charge >= 0.3 is 6.09 Å². The highest BCUT2D eigenvalue weighted by atomic mass is 16.5. The van der Waals surface area contributed by atoms with E-state index in [1.54, 1.807) is 6.92 Å². The molecule has 0 unspecified atom stereocenters. The van der Waals surface area contributed by atoms with Crippen LogP contribution < -0.4 is 10.2 Å². The topological polar surface area (TPSA) is 58.6 Å². The van der Waals surface area contributed by atoms with Crippen molar-refractivity contribution >= 4 is 23.3 Å². The van der Waals surface area contributed by atoms with Crippen LogP contribution in [0.5, 0.6) is 0 Å². The average Bonchev–Trinajstić information content (AvgIpc) is 2.41. The van der Waals surface area contributed by atoms with Crippen LogP contribution in [-0.4, -0.2) is 31.6 Å². The van der Waals surface area contributed by atoms with Gasteiger partial charge in [-0.25, -0.2) is 4.79 Å². The predicted molar refractivity (Wildman–Crippen MR) is 73.5 cm³/mol. The summed E-state index contributed by atoms with van der Waals surface area (Å²) < 4.78 is 4.81. The molecule has 5 heteroatoms. The van der Waals surface area contributed by atoms with Crippen LogP contribution in [-0.2, 0) is 9.53 Å². The van der Waals surface area contributed by atoms with Crippen LogP contribution in [0.3, 0.4) is 0 Å². The maximum Gasteiger partial charge on any atom is 0.411 e. The Morgan fingerprint density at radius 3 is 2.47 bits per heavy atom. The average molecular weight is 262 g/mol. The molecule has 0 aromatic heterocycles. The molecular formula is C14H18N2O3. The van der Waals surface area contributed by atoms with Crippen molar-refractivity contribution in [3.05, 3.63) is 24.3 Å². The number of piperidine rings is 1. The lowest BCUT2D eigenvalue weighted by atomic mass is 10.1. The zero-order valence-electron chi connectivity index (χ0n) is 11.0. The molecule has 1 fully saturated rings. The Morgan fingerprint density at radius 1 is 1.26 bits per heavy atom. The van der Waals surface area contributed by atoms with E-state index in [-0.39, 0.29) is 0 Å². The van der Waals surface area contributed by atoms with E-state index in [2.05, 4.69) is 10.2 Å². The lowest BCUT2D eigenvalue weighted by Gasteiger charge is -2.28. The molecule has 0 atom stereocenters. The van der Waals surface area contributed by atoms with Gasteiger partial charge in [0.1, 0.15) is 5.78 Å². The molecule has 1 heterocycles. The Bertz CT molecular complexity index is 446. The molecule has 1 aliphatic rings. The number of ether oxygens (including phenoxy) is 1. The maximum atomic E-state index is 11.3. The van der Waals surface area contributed by atoms with Gasteiger partial charge < -0.3 is 9.64 Å². The number of carbonyl (C=O) groups excluding carboxylic acids is 2. The van der Waals surface area contributed by atoms with Crippen molar-refractivity contribution in [2.75, 3.05) is 29.9 Å². The largest absolute Gasteiger partial charge is 0.450 e. The van der Waals surface area contributed by atoms with E-state index in [9.17, 15) is 9.59 Å². The smallest absolute Gasteiger partial charge is 0.411 e. The van der Waals surface area contributed by atoms with E-state index in [1.165, 1.54) is 0 Å². The minimum Gasteiger partial charge on any atom is -0.450 e. The Hall–Kier alpha value is -2.04. The second kappa shape index (κ2) is 6.22. The number of hydrogen-bond donors (Lipinski definition) is 1. The molecule has 2 rings (SSSR count). The molecule has 0 saturated carbocycles. The number of Topliss-reactive ketones (excluding diaryl/α,β-unsaturated/α-hetero) is 1. The Balaban J connectivity index is 1.94. The quantitative estimate of drug-likeness (QED) is 0.908. The number of amides is 1. The third kappa shape index (κ3) is 3.71. The molecular weight excluding hydrogens is 244 g/mol. The molecule has 5 nitrogen and oxygen atoms in total. The summed E-state index contributed by atoms with van der Waals surface area (Å²) in [6.45, 7) is 3.65. The van der Waals surface area contributed by atoms with E-state index < -0.39 is 6.09 Å². The van der Waals surface area contributed by atoms with Gasteiger partial charge in [0.25, 0.3) is 0 Å². The van der Waals surface area contributed by atoms with Crippen molar-refractivity contribution in [1.82, 2.24) is 0 Å². The van der Waals surface area contributed by atoms with Crippen molar-refractivity contribution in [2.24, 2.45) is 0 Å². The van der Waals surface area contributed by atoms with Crippen molar-refractivity contribution in [1.29, 1.82) is 0 Å². The second-order valence-electron chi connectivity index (χ2n) is 4.42. The second-order valence-corrected chi connectivity index (χ2v) is 4.42. The summed E-state index contributed by atoms with van der Waals surface area (Å²) in [6, 6.07) is 7.56. The summed E-state index contributed by atoms with van der Waals surface area (Å²) >= 11 is 0. The number of carbonyl (C=O) groups is 2. The van der Waals surface area contributed by atoms with Gasteiger partial charge in [0.05, 0.1) is 6.61 Å². The highest BCUT2D eigenvalue weighted by molar-refractivity contribution is 5.85. The van der Waals surface area contributed by atoms with E-state index in [1.807, 2.05) is 24.3 Å². The van der Waals surface area contributed by atoms with Crippen LogP contribution in [0, 0.1) is 0 Å². The van der Waals surface area contributed by atoms with E-state index >= 15 is 0 Å². The molecule has 1 aromatic carbocycles. The lowest BCUT2D eigenvalue weighted by Crippen LogP contribution is -2.33. The summed E-state index contributed by atoms with van der Waals surface area (Å²) in [5.74, 6) is 0.330. The summed E-state index contributed by atoms with van der Waals surface area (Å²) in [6.07, 6.45) is 0.782. The number of nitrogens with one attached hydrogen (secondary N) is 1. The summed E-state index contributed by atoms with van der Waals surface area (Å²) in [5.41, 5.74) is 1.78. The SMILES string of the molecule is CCOC(=O)Nc1ccc(N2CCC(=O)CC2)cc1. The molecule has 1 aromatic rings. The molecule has 1 amide bonds. The van der Waals surface area contributed by atoms with Gasteiger partial charge in [-0.1, -0.05) is 0 Å². The number of hydrogen-bond acceptors (Lipinski definition) is 4. The molecule has 0 spiro atoms. The van der Waals surface area contributed by atoms with Gasteiger partial charge in [-0.05, 0) is 31.2 Å². The molecule has 0 radical (unpaired) electrons. The predicted octanol–water partition coefficient (Wildman–Crippen LogP) is 2.42. The van der Waals surface area contributed by atoms with Crippen LogP contribution in [0.15, 0.2) is 24.3 Å². The van der Waals surface area contributed by atoms with Crippen LogP contribution in [0.1, 0.15) is 19.8 Å². The van der Waals surface area contributed by atoms with E-state index in [0.29, 0.717) is 30.9 Å². The van der Waals surface area contributed by atoms with Gasteiger partial charge in [-0.15, -0.1) is 0 Å². The number of rotatable bonds is 3. The fraction of sp³-hybridized carbons (Fsp3) is 0.429. The number of anilines is 2. The van der Waals surface area contributed by atoms with E-state index in [4.69, 9.17) is 4.74 Å². The molecule has 0 aliphatic carbocycles. The van der Waals surface area contributed by atoms with Crippen LogP contribution in [0.4, 0.5) is 16.2 Å². The molecule has 1 aliphatic heterocycles. The van der Waals surface area contributed by atoms with Crippen molar-refractivity contribution in [3.63, 3.8) is 0 Å². The highest BCUT2D eigenvalue weighted by Gasteiger charge is 2.16. The zero-order valence-corrected chi connectivity index (χ0v) is 11.0. The first kappa shape index (κ1) is 13.4. The van der Waals surface area contributed by atoms with Gasteiger partial charge in [0.2, 0.25) is 0 Å². The normalized spacial score (nSPS) is 15.2. The fourth-order valence-electron chi connectivity index (χ4n) is 2.05. The van der Waals surface area contributed by atoms with Gasteiger partial charge in [-0.2, -0.15) is 0 Å². The number of ketones is 1. The first-order valence-corrected chi connectivity index (χ1v) is 6.49. The molecule has 0 bridgehead atoms. The van der Waals surface area contributed by atoms with Gasteiger partial charge in [0.15, 0.2) is 0 Å².